The number of carbonyl (C=O) groups is 1. The van der Waals surface area contributed by atoms with Crippen LogP contribution in [-0.4, -0.2) is 13.1 Å². The predicted octanol–water partition coefficient (Wildman–Crippen LogP) is 2.77. The first-order valence-corrected chi connectivity index (χ1v) is 5.96. The summed E-state index contributed by atoms with van der Waals surface area (Å²) < 4.78 is 23.6. The molecule has 104 valence electrons. The Labute approximate surface area is 115 Å². The lowest BCUT2D eigenvalue weighted by Crippen LogP contribution is -2.10. The van der Waals surface area contributed by atoms with Crippen molar-refractivity contribution in [2.75, 3.05) is 12.8 Å². The monoisotopic (exact) mass is 275 g/mol. The first kappa shape index (κ1) is 13.9. The quantitative estimate of drug-likeness (QED) is 0.688. The Morgan fingerprint density at radius 1 is 1.20 bits per heavy atom. The summed E-state index contributed by atoms with van der Waals surface area (Å²) in [5.74, 6) is -0.764. The second-order valence-electron chi connectivity index (χ2n) is 4.13. The van der Waals surface area contributed by atoms with Crippen LogP contribution in [0, 0.1) is 5.82 Å². The van der Waals surface area contributed by atoms with Gasteiger partial charge < -0.3 is 15.2 Å². The van der Waals surface area contributed by atoms with Crippen LogP contribution in [-0.2, 0) is 11.3 Å². The van der Waals surface area contributed by atoms with Gasteiger partial charge in [-0.2, -0.15) is 0 Å². The number of carbonyl (C=O) groups excluding carboxylic acids is 1. The van der Waals surface area contributed by atoms with E-state index in [1.54, 1.807) is 31.4 Å². The maximum Gasteiger partial charge on any atom is 0.343 e. The van der Waals surface area contributed by atoms with Gasteiger partial charge in [-0.15, -0.1) is 0 Å². The number of anilines is 1. The van der Waals surface area contributed by atoms with E-state index in [9.17, 15) is 9.18 Å². The molecule has 0 unspecified atom stereocenters. The lowest BCUT2D eigenvalue weighted by Gasteiger charge is -2.08. The maximum absolute atomic E-state index is 13.5. The number of ether oxygens (including phenoxy) is 2. The molecule has 0 aliphatic carbocycles. The van der Waals surface area contributed by atoms with Gasteiger partial charge in [-0.05, 0) is 29.8 Å². The third-order valence-corrected chi connectivity index (χ3v) is 2.78. The molecule has 0 aliphatic rings. The van der Waals surface area contributed by atoms with Crippen LogP contribution in [0.3, 0.4) is 0 Å². The number of nitrogen functional groups attached to an aromatic ring is 1. The lowest BCUT2D eigenvalue weighted by atomic mass is 10.1. The number of esters is 1. The Hall–Kier alpha value is -2.56. The number of halogens is 1. The van der Waals surface area contributed by atoms with Crippen LogP contribution < -0.4 is 10.5 Å². The number of nitrogens with two attached hydrogens (primary N) is 1. The zero-order chi connectivity index (χ0) is 14.5. The SMILES string of the molecule is COc1ccc(COC(=O)c2c(N)cccc2F)cc1. The van der Waals surface area contributed by atoms with E-state index >= 15 is 0 Å². The van der Waals surface area contributed by atoms with Gasteiger partial charge in [0.25, 0.3) is 0 Å². The molecule has 2 rings (SSSR count). The number of methoxy groups -OCH3 is 1. The van der Waals surface area contributed by atoms with E-state index in [1.807, 2.05) is 0 Å². The van der Waals surface area contributed by atoms with Gasteiger partial charge in [0.15, 0.2) is 0 Å². The Bertz CT molecular complexity index is 591. The van der Waals surface area contributed by atoms with Gasteiger partial charge in [-0.25, -0.2) is 9.18 Å². The van der Waals surface area contributed by atoms with Crippen molar-refractivity contribution in [3.05, 3.63) is 59.4 Å². The van der Waals surface area contributed by atoms with Gasteiger partial charge in [0.1, 0.15) is 23.7 Å². The van der Waals surface area contributed by atoms with Crippen molar-refractivity contribution in [3.63, 3.8) is 0 Å². The van der Waals surface area contributed by atoms with Crippen LogP contribution in [0.25, 0.3) is 0 Å². The summed E-state index contributed by atoms with van der Waals surface area (Å²) in [4.78, 5) is 11.8. The summed E-state index contributed by atoms with van der Waals surface area (Å²) in [6, 6.07) is 11.1. The molecule has 2 N–H and O–H groups in total. The van der Waals surface area contributed by atoms with E-state index in [-0.39, 0.29) is 17.9 Å². The average molecular weight is 275 g/mol. The first-order valence-electron chi connectivity index (χ1n) is 5.96. The molecular formula is C15H14FNO3. The molecule has 0 spiro atoms. The van der Waals surface area contributed by atoms with E-state index in [0.29, 0.717) is 5.75 Å². The second kappa shape index (κ2) is 6.06. The molecule has 0 amide bonds. The largest absolute Gasteiger partial charge is 0.497 e. The van der Waals surface area contributed by atoms with Crippen molar-refractivity contribution in [1.82, 2.24) is 0 Å². The third kappa shape index (κ3) is 3.06. The Morgan fingerprint density at radius 3 is 2.50 bits per heavy atom. The van der Waals surface area contributed by atoms with Crippen molar-refractivity contribution in [2.24, 2.45) is 0 Å². The smallest absolute Gasteiger partial charge is 0.343 e. The maximum atomic E-state index is 13.5. The molecule has 0 radical (unpaired) electrons. The van der Waals surface area contributed by atoms with Crippen molar-refractivity contribution >= 4 is 11.7 Å². The highest BCUT2D eigenvalue weighted by Crippen LogP contribution is 2.18. The van der Waals surface area contributed by atoms with Crippen molar-refractivity contribution < 1.29 is 18.7 Å². The highest BCUT2D eigenvalue weighted by Gasteiger charge is 2.16. The van der Waals surface area contributed by atoms with E-state index in [1.165, 1.54) is 18.2 Å². The molecule has 0 heterocycles. The van der Waals surface area contributed by atoms with Crippen molar-refractivity contribution in [2.45, 2.75) is 6.61 Å². The number of hydrogen-bond donors (Lipinski definition) is 1. The molecule has 2 aromatic rings. The van der Waals surface area contributed by atoms with Crippen molar-refractivity contribution in [3.8, 4) is 5.75 Å². The average Bonchev–Trinajstić information content (AvgIpc) is 2.45. The zero-order valence-electron chi connectivity index (χ0n) is 10.9. The zero-order valence-corrected chi connectivity index (χ0v) is 10.9. The standard InChI is InChI=1S/C15H14FNO3/c1-19-11-7-5-10(6-8-11)9-20-15(18)14-12(16)3-2-4-13(14)17/h2-8H,9,17H2,1H3. The van der Waals surface area contributed by atoms with Crippen LogP contribution in [0.15, 0.2) is 42.5 Å². The normalized spacial score (nSPS) is 10.1. The van der Waals surface area contributed by atoms with E-state index in [2.05, 4.69) is 0 Å². The minimum absolute atomic E-state index is 0.0383. The summed E-state index contributed by atoms with van der Waals surface area (Å²) in [5.41, 5.74) is 6.17. The molecule has 0 bridgehead atoms. The predicted molar refractivity (Wildman–Crippen MR) is 72.9 cm³/mol. The van der Waals surface area contributed by atoms with Gasteiger partial charge >= 0.3 is 5.97 Å². The molecule has 0 aromatic heterocycles. The van der Waals surface area contributed by atoms with E-state index < -0.39 is 11.8 Å². The molecule has 0 atom stereocenters. The van der Waals surface area contributed by atoms with Crippen LogP contribution in [0.1, 0.15) is 15.9 Å². The summed E-state index contributed by atoms with van der Waals surface area (Å²) in [5, 5.41) is 0. The van der Waals surface area contributed by atoms with Crippen LogP contribution >= 0.6 is 0 Å². The van der Waals surface area contributed by atoms with Gasteiger partial charge in [0.2, 0.25) is 0 Å². The number of rotatable bonds is 4. The fourth-order valence-corrected chi connectivity index (χ4v) is 1.70. The second-order valence-corrected chi connectivity index (χ2v) is 4.13. The summed E-state index contributed by atoms with van der Waals surface area (Å²) in [7, 11) is 1.57. The Kier molecular flexibility index (Phi) is 4.20. The van der Waals surface area contributed by atoms with Gasteiger partial charge in [0.05, 0.1) is 7.11 Å². The van der Waals surface area contributed by atoms with E-state index in [0.717, 1.165) is 5.56 Å². The minimum atomic E-state index is -0.781. The Balaban J connectivity index is 2.05. The summed E-state index contributed by atoms with van der Waals surface area (Å²) in [6.07, 6.45) is 0. The molecule has 0 saturated heterocycles. The number of benzene rings is 2. The fourth-order valence-electron chi connectivity index (χ4n) is 1.70. The van der Waals surface area contributed by atoms with Crippen LogP contribution in [0.2, 0.25) is 0 Å². The minimum Gasteiger partial charge on any atom is -0.497 e. The molecule has 5 heteroatoms. The molecule has 20 heavy (non-hydrogen) atoms. The lowest BCUT2D eigenvalue weighted by molar-refractivity contribution is 0.0468. The molecule has 2 aromatic carbocycles. The van der Waals surface area contributed by atoms with E-state index in [4.69, 9.17) is 15.2 Å². The molecule has 0 aliphatic heterocycles. The first-order chi connectivity index (χ1) is 9.61. The topological polar surface area (TPSA) is 61.5 Å². The molecule has 0 fully saturated rings. The highest BCUT2D eigenvalue weighted by molar-refractivity contribution is 5.95. The van der Waals surface area contributed by atoms with Crippen LogP contribution in [0.4, 0.5) is 10.1 Å². The van der Waals surface area contributed by atoms with Gasteiger partial charge in [-0.3, -0.25) is 0 Å². The molecular weight excluding hydrogens is 261 g/mol. The summed E-state index contributed by atoms with van der Waals surface area (Å²) in [6.45, 7) is 0.0383. The summed E-state index contributed by atoms with van der Waals surface area (Å²) >= 11 is 0. The molecule has 4 nitrogen and oxygen atoms in total. The van der Waals surface area contributed by atoms with Gasteiger partial charge in [0, 0.05) is 5.69 Å². The molecule has 0 saturated carbocycles. The Morgan fingerprint density at radius 2 is 1.90 bits per heavy atom. The number of hydrogen-bond acceptors (Lipinski definition) is 4. The van der Waals surface area contributed by atoms with Crippen LogP contribution in [0.5, 0.6) is 5.75 Å². The fraction of sp³-hybridized carbons (Fsp3) is 0.133. The highest BCUT2D eigenvalue weighted by atomic mass is 19.1. The van der Waals surface area contributed by atoms with Gasteiger partial charge in [-0.1, -0.05) is 18.2 Å². The van der Waals surface area contributed by atoms with Crippen molar-refractivity contribution in [1.29, 1.82) is 0 Å². The third-order valence-electron chi connectivity index (χ3n) is 2.78.